The molecule has 3 rings (SSSR count). The number of amides is 1. The van der Waals surface area contributed by atoms with Crippen LogP contribution in [-0.4, -0.2) is 39.8 Å². The zero-order chi connectivity index (χ0) is 17.1. The van der Waals surface area contributed by atoms with Crippen LogP contribution in [0.5, 0.6) is 0 Å². The highest BCUT2D eigenvalue weighted by Gasteiger charge is 2.21. The molecule has 0 spiro atoms. The van der Waals surface area contributed by atoms with Gasteiger partial charge >= 0.3 is 0 Å². The van der Waals surface area contributed by atoms with Crippen LogP contribution in [-0.2, 0) is 4.79 Å². The molecule has 0 N–H and O–H groups in total. The maximum atomic E-state index is 12.3. The van der Waals surface area contributed by atoms with E-state index in [9.17, 15) is 4.79 Å². The Morgan fingerprint density at radius 1 is 1.25 bits per heavy atom. The molecule has 0 radical (unpaired) electrons. The maximum Gasteiger partial charge on any atom is 0.277 e. The number of nitrogens with zero attached hydrogens (tertiary/aromatic N) is 3. The molecule has 2 heterocycles. The number of benzene rings is 1. The Hall–Kier alpha value is -1.82. The summed E-state index contributed by atoms with van der Waals surface area (Å²) in [5.41, 5.74) is 3.33. The van der Waals surface area contributed by atoms with Crippen LogP contribution >= 0.6 is 11.8 Å². The Morgan fingerprint density at radius 2 is 2.00 bits per heavy atom. The minimum Gasteiger partial charge on any atom is -0.411 e. The van der Waals surface area contributed by atoms with Crippen molar-refractivity contribution in [2.75, 3.05) is 18.8 Å². The number of rotatable bonds is 4. The smallest absolute Gasteiger partial charge is 0.277 e. The summed E-state index contributed by atoms with van der Waals surface area (Å²) in [4.78, 5) is 14.2. The largest absolute Gasteiger partial charge is 0.411 e. The molecule has 128 valence electrons. The van der Waals surface area contributed by atoms with Gasteiger partial charge in [-0.15, -0.1) is 10.2 Å². The Bertz CT molecular complexity index is 721. The highest BCUT2D eigenvalue weighted by Crippen LogP contribution is 2.25. The van der Waals surface area contributed by atoms with Gasteiger partial charge in [0.1, 0.15) is 0 Å². The van der Waals surface area contributed by atoms with Crippen molar-refractivity contribution >= 4 is 17.7 Å². The fourth-order valence-electron chi connectivity index (χ4n) is 2.73. The van der Waals surface area contributed by atoms with Gasteiger partial charge in [0.15, 0.2) is 0 Å². The number of piperidine rings is 1. The molecule has 0 aliphatic carbocycles. The first kappa shape index (κ1) is 17.0. The normalized spacial score (nSPS) is 15.7. The molecule has 1 saturated heterocycles. The van der Waals surface area contributed by atoms with Crippen LogP contribution in [0.2, 0.25) is 0 Å². The van der Waals surface area contributed by atoms with E-state index in [2.05, 4.69) is 31.0 Å². The summed E-state index contributed by atoms with van der Waals surface area (Å²) in [6.07, 6.45) is 2.18. The van der Waals surface area contributed by atoms with Crippen LogP contribution in [0.15, 0.2) is 27.8 Å². The quantitative estimate of drug-likeness (QED) is 0.791. The number of aromatic nitrogens is 2. The number of carbonyl (C=O) groups excluding carboxylic acids is 1. The second-order valence-corrected chi connectivity index (χ2v) is 7.45. The average Bonchev–Trinajstić information content (AvgIpc) is 3.05. The first-order chi connectivity index (χ1) is 11.5. The van der Waals surface area contributed by atoms with Crippen LogP contribution in [0.1, 0.15) is 30.9 Å². The van der Waals surface area contributed by atoms with Crippen LogP contribution < -0.4 is 0 Å². The fourth-order valence-corrected chi connectivity index (χ4v) is 3.40. The Labute approximate surface area is 146 Å². The topological polar surface area (TPSA) is 59.2 Å². The van der Waals surface area contributed by atoms with E-state index in [-0.39, 0.29) is 5.91 Å². The van der Waals surface area contributed by atoms with E-state index in [1.165, 1.54) is 22.9 Å². The lowest BCUT2D eigenvalue weighted by Gasteiger charge is -2.30. The highest BCUT2D eigenvalue weighted by molar-refractivity contribution is 7.99. The fraction of sp³-hybridized carbons (Fsp3) is 0.500. The van der Waals surface area contributed by atoms with Crippen molar-refractivity contribution in [2.45, 2.75) is 38.8 Å². The number of aryl methyl sites for hydroxylation is 2. The third-order valence-corrected chi connectivity index (χ3v) is 5.42. The molecule has 2 aromatic rings. The van der Waals surface area contributed by atoms with E-state index in [4.69, 9.17) is 4.42 Å². The first-order valence-corrected chi connectivity index (χ1v) is 9.33. The second-order valence-electron chi connectivity index (χ2n) is 6.52. The zero-order valence-corrected chi connectivity index (χ0v) is 15.2. The van der Waals surface area contributed by atoms with Gasteiger partial charge in [0.05, 0.1) is 5.75 Å². The van der Waals surface area contributed by atoms with Crippen molar-refractivity contribution < 1.29 is 9.21 Å². The summed E-state index contributed by atoms with van der Waals surface area (Å²) < 4.78 is 5.69. The Morgan fingerprint density at radius 3 is 2.71 bits per heavy atom. The molecule has 5 nitrogen and oxygen atoms in total. The van der Waals surface area contributed by atoms with E-state index in [1.807, 2.05) is 23.1 Å². The lowest BCUT2D eigenvalue weighted by atomic mass is 9.99. The maximum absolute atomic E-state index is 12.3. The van der Waals surface area contributed by atoms with Crippen molar-refractivity contribution in [3.05, 3.63) is 29.3 Å². The lowest BCUT2D eigenvalue weighted by Crippen LogP contribution is -2.38. The zero-order valence-electron chi connectivity index (χ0n) is 14.4. The van der Waals surface area contributed by atoms with Gasteiger partial charge in [0.25, 0.3) is 5.22 Å². The molecule has 1 fully saturated rings. The number of carbonyl (C=O) groups is 1. The third kappa shape index (κ3) is 3.98. The van der Waals surface area contributed by atoms with Crippen LogP contribution in [0.4, 0.5) is 0 Å². The lowest BCUT2D eigenvalue weighted by molar-refractivity contribution is -0.129. The Balaban J connectivity index is 1.58. The van der Waals surface area contributed by atoms with Gasteiger partial charge in [-0.3, -0.25) is 4.79 Å². The minimum atomic E-state index is 0.151. The van der Waals surface area contributed by atoms with E-state index in [0.717, 1.165) is 37.4 Å². The van der Waals surface area contributed by atoms with Crippen molar-refractivity contribution in [1.82, 2.24) is 15.1 Å². The number of thioether (sulfide) groups is 1. The predicted octanol–water partition coefficient (Wildman–Crippen LogP) is 3.70. The predicted molar refractivity (Wildman–Crippen MR) is 94.9 cm³/mol. The van der Waals surface area contributed by atoms with Gasteiger partial charge in [-0.05, 0) is 55.9 Å². The molecular weight excluding hydrogens is 322 g/mol. The van der Waals surface area contributed by atoms with E-state index < -0.39 is 0 Å². The molecule has 0 atom stereocenters. The molecule has 24 heavy (non-hydrogen) atoms. The van der Waals surface area contributed by atoms with Crippen LogP contribution in [0, 0.1) is 19.8 Å². The van der Waals surface area contributed by atoms with Crippen molar-refractivity contribution in [3.8, 4) is 11.5 Å². The molecule has 1 amide bonds. The molecule has 0 saturated carbocycles. The summed E-state index contributed by atoms with van der Waals surface area (Å²) in [6.45, 7) is 8.09. The third-order valence-electron chi connectivity index (χ3n) is 4.62. The molecule has 1 aromatic carbocycles. The minimum absolute atomic E-state index is 0.151. The SMILES string of the molecule is Cc1ccc(-c2nnc(SCC(=O)N3CCC(C)CC3)o2)cc1C. The second kappa shape index (κ2) is 7.38. The number of likely N-dealkylation sites (tertiary alicyclic amines) is 1. The molecule has 1 aliphatic rings. The molecular formula is C18H23N3O2S. The molecule has 0 unspecified atom stereocenters. The standard InChI is InChI=1S/C18H23N3O2S/c1-12-6-8-21(9-7-12)16(22)11-24-18-20-19-17(23-18)15-5-4-13(2)14(3)10-15/h4-5,10,12H,6-9,11H2,1-3H3. The summed E-state index contributed by atoms with van der Waals surface area (Å²) >= 11 is 1.31. The number of hydrogen-bond donors (Lipinski definition) is 0. The number of hydrogen-bond acceptors (Lipinski definition) is 5. The summed E-state index contributed by atoms with van der Waals surface area (Å²) in [5, 5.41) is 8.59. The van der Waals surface area contributed by atoms with Crippen molar-refractivity contribution in [2.24, 2.45) is 5.92 Å². The van der Waals surface area contributed by atoms with Crippen LogP contribution in [0.25, 0.3) is 11.5 Å². The molecule has 1 aliphatic heterocycles. The van der Waals surface area contributed by atoms with Gasteiger partial charge in [0, 0.05) is 18.7 Å². The van der Waals surface area contributed by atoms with Gasteiger partial charge < -0.3 is 9.32 Å². The summed E-state index contributed by atoms with van der Waals surface area (Å²) in [7, 11) is 0. The van der Waals surface area contributed by atoms with Gasteiger partial charge in [-0.1, -0.05) is 24.8 Å². The molecule has 0 bridgehead atoms. The van der Waals surface area contributed by atoms with Crippen molar-refractivity contribution in [1.29, 1.82) is 0 Å². The first-order valence-electron chi connectivity index (χ1n) is 8.34. The van der Waals surface area contributed by atoms with E-state index >= 15 is 0 Å². The van der Waals surface area contributed by atoms with E-state index in [0.29, 0.717) is 16.9 Å². The van der Waals surface area contributed by atoms with Gasteiger partial charge in [-0.2, -0.15) is 0 Å². The highest BCUT2D eigenvalue weighted by atomic mass is 32.2. The van der Waals surface area contributed by atoms with E-state index in [1.54, 1.807) is 0 Å². The Kier molecular flexibility index (Phi) is 5.23. The average molecular weight is 345 g/mol. The summed E-state index contributed by atoms with van der Waals surface area (Å²) in [5.74, 6) is 1.72. The van der Waals surface area contributed by atoms with Gasteiger partial charge in [-0.25, -0.2) is 0 Å². The monoisotopic (exact) mass is 345 g/mol. The van der Waals surface area contributed by atoms with Crippen LogP contribution in [0.3, 0.4) is 0 Å². The summed E-state index contributed by atoms with van der Waals surface area (Å²) in [6, 6.07) is 6.06. The molecule has 6 heteroatoms. The van der Waals surface area contributed by atoms with Gasteiger partial charge in [0.2, 0.25) is 11.8 Å². The van der Waals surface area contributed by atoms with Crippen molar-refractivity contribution in [3.63, 3.8) is 0 Å². The molecule has 1 aromatic heterocycles.